The monoisotopic (exact) mass is 365 g/mol. The Kier molecular flexibility index (Phi) is 5.03. The molecule has 0 saturated carbocycles. The number of hydrogen-bond acceptors (Lipinski definition) is 5. The highest BCUT2D eigenvalue weighted by Crippen LogP contribution is 2.23. The number of aromatic nitrogens is 6. The number of benzene rings is 1. The van der Waals surface area contributed by atoms with Gasteiger partial charge in [-0.1, -0.05) is 19.1 Å². The quantitative estimate of drug-likeness (QED) is 0.672. The Labute approximate surface area is 160 Å². The van der Waals surface area contributed by atoms with E-state index in [-0.39, 0.29) is 0 Å². The Morgan fingerprint density at radius 3 is 2.70 bits per heavy atom. The largest absolute Gasteiger partial charge is 0.303 e. The second-order valence-corrected chi connectivity index (χ2v) is 7.59. The summed E-state index contributed by atoms with van der Waals surface area (Å²) in [4.78, 5) is 11.5. The first-order chi connectivity index (χ1) is 13.1. The van der Waals surface area contributed by atoms with Crippen LogP contribution in [0.1, 0.15) is 48.5 Å². The van der Waals surface area contributed by atoms with Gasteiger partial charge in [-0.25, -0.2) is 19.3 Å². The van der Waals surface area contributed by atoms with Gasteiger partial charge >= 0.3 is 0 Å². The summed E-state index contributed by atoms with van der Waals surface area (Å²) in [6.07, 6.45) is 5.84. The van der Waals surface area contributed by atoms with Crippen LogP contribution in [0.25, 0.3) is 5.69 Å². The molecule has 1 atom stereocenters. The average Bonchev–Trinajstić information content (AvgIpc) is 3.39. The minimum Gasteiger partial charge on any atom is -0.303 e. The summed E-state index contributed by atoms with van der Waals surface area (Å²) >= 11 is 0. The van der Waals surface area contributed by atoms with Crippen molar-refractivity contribution in [3.8, 4) is 5.69 Å². The Balaban J connectivity index is 1.70. The lowest BCUT2D eigenvalue weighted by atomic mass is 10.1. The molecule has 3 heterocycles. The second-order valence-electron chi connectivity index (χ2n) is 7.59. The lowest BCUT2D eigenvalue weighted by Crippen LogP contribution is -2.26. The summed E-state index contributed by atoms with van der Waals surface area (Å²) in [6, 6.07) is 6.48. The Bertz CT molecular complexity index is 891. The molecule has 0 N–H and O–H groups in total. The molecule has 1 fully saturated rings. The lowest BCUT2D eigenvalue weighted by molar-refractivity contribution is 0.315. The fourth-order valence-corrected chi connectivity index (χ4v) is 3.77. The van der Waals surface area contributed by atoms with Crippen LogP contribution in [-0.4, -0.2) is 54.1 Å². The van der Waals surface area contributed by atoms with E-state index in [9.17, 15) is 0 Å². The van der Waals surface area contributed by atoms with Crippen molar-refractivity contribution < 1.29 is 0 Å². The number of aryl methyl sites for hydroxylation is 2. The van der Waals surface area contributed by atoms with E-state index < -0.39 is 0 Å². The van der Waals surface area contributed by atoms with Crippen molar-refractivity contribution in [2.24, 2.45) is 0 Å². The first-order valence-corrected chi connectivity index (χ1v) is 9.68. The maximum atomic E-state index is 4.91. The summed E-state index contributed by atoms with van der Waals surface area (Å²) in [5, 5.41) is 9.04. The molecule has 0 radical (unpaired) electrons. The lowest BCUT2D eigenvalue weighted by Gasteiger charge is -2.20. The van der Waals surface area contributed by atoms with Crippen molar-refractivity contribution in [3.63, 3.8) is 0 Å². The van der Waals surface area contributed by atoms with Gasteiger partial charge in [0.2, 0.25) is 0 Å². The van der Waals surface area contributed by atoms with E-state index in [2.05, 4.69) is 54.0 Å². The standard InChI is InChI=1S/C20H27N7/c1-15-6-7-16(2)18(10-15)27-20(17(3)11-25-8-4-5-9-25)23-19(24-27)12-26-14-21-13-22-26/h6-7,10,13-14,17H,4-5,8-9,11-12H2,1-3H3/t17-/m0/s1. The van der Waals surface area contributed by atoms with Crippen molar-refractivity contribution in [3.05, 3.63) is 53.6 Å². The second kappa shape index (κ2) is 7.60. The Morgan fingerprint density at radius 2 is 1.96 bits per heavy atom. The first kappa shape index (κ1) is 17.9. The zero-order valence-electron chi connectivity index (χ0n) is 16.3. The molecule has 3 aromatic rings. The molecule has 1 aromatic carbocycles. The molecule has 0 unspecified atom stereocenters. The summed E-state index contributed by atoms with van der Waals surface area (Å²) in [6.45, 7) is 10.4. The predicted molar refractivity (Wildman–Crippen MR) is 104 cm³/mol. The van der Waals surface area contributed by atoms with E-state index in [0.29, 0.717) is 12.5 Å². The van der Waals surface area contributed by atoms with Crippen molar-refractivity contribution in [2.45, 2.75) is 46.1 Å². The molecule has 1 saturated heterocycles. The maximum Gasteiger partial charge on any atom is 0.172 e. The highest BCUT2D eigenvalue weighted by atomic mass is 15.4. The molecule has 4 rings (SSSR count). The molecule has 0 amide bonds. The third-order valence-corrected chi connectivity index (χ3v) is 5.21. The molecule has 0 aliphatic carbocycles. The van der Waals surface area contributed by atoms with Crippen LogP contribution in [0, 0.1) is 13.8 Å². The summed E-state index contributed by atoms with van der Waals surface area (Å²) in [5.74, 6) is 2.09. The van der Waals surface area contributed by atoms with Gasteiger partial charge in [0.25, 0.3) is 0 Å². The molecule has 27 heavy (non-hydrogen) atoms. The number of hydrogen-bond donors (Lipinski definition) is 0. The van der Waals surface area contributed by atoms with Crippen molar-refractivity contribution >= 4 is 0 Å². The van der Waals surface area contributed by atoms with Gasteiger partial charge in [-0.3, -0.25) is 0 Å². The highest BCUT2D eigenvalue weighted by molar-refractivity contribution is 5.43. The third kappa shape index (κ3) is 3.93. The van der Waals surface area contributed by atoms with Crippen LogP contribution >= 0.6 is 0 Å². The van der Waals surface area contributed by atoms with Gasteiger partial charge in [-0.2, -0.15) is 5.10 Å². The number of nitrogens with zero attached hydrogens (tertiary/aromatic N) is 7. The van der Waals surface area contributed by atoms with Gasteiger partial charge in [0.1, 0.15) is 25.0 Å². The first-order valence-electron chi connectivity index (χ1n) is 9.68. The molecule has 1 aliphatic rings. The van der Waals surface area contributed by atoms with Crippen LogP contribution in [0.15, 0.2) is 30.9 Å². The van der Waals surface area contributed by atoms with Crippen LogP contribution in [0.3, 0.4) is 0 Å². The van der Waals surface area contributed by atoms with Gasteiger partial charge in [0.05, 0.1) is 5.69 Å². The van der Waals surface area contributed by atoms with E-state index in [4.69, 9.17) is 10.1 Å². The van der Waals surface area contributed by atoms with Crippen molar-refractivity contribution in [2.75, 3.05) is 19.6 Å². The van der Waals surface area contributed by atoms with Crippen LogP contribution in [0.2, 0.25) is 0 Å². The number of rotatable bonds is 6. The van der Waals surface area contributed by atoms with Gasteiger partial charge in [-0.15, -0.1) is 5.10 Å². The average molecular weight is 365 g/mol. The van der Waals surface area contributed by atoms with Crippen LogP contribution in [0.5, 0.6) is 0 Å². The zero-order valence-corrected chi connectivity index (χ0v) is 16.3. The third-order valence-electron chi connectivity index (χ3n) is 5.21. The molecule has 142 valence electrons. The molecule has 1 aliphatic heterocycles. The maximum absolute atomic E-state index is 4.91. The molecular formula is C20H27N7. The highest BCUT2D eigenvalue weighted by Gasteiger charge is 2.22. The van der Waals surface area contributed by atoms with E-state index >= 15 is 0 Å². The minimum atomic E-state index is 0.306. The zero-order chi connectivity index (χ0) is 18.8. The van der Waals surface area contributed by atoms with Crippen molar-refractivity contribution in [1.82, 2.24) is 34.4 Å². The minimum absolute atomic E-state index is 0.306. The fourth-order valence-electron chi connectivity index (χ4n) is 3.77. The molecule has 0 spiro atoms. The van der Waals surface area contributed by atoms with E-state index in [1.54, 1.807) is 17.3 Å². The van der Waals surface area contributed by atoms with E-state index in [0.717, 1.165) is 23.9 Å². The molecule has 0 bridgehead atoms. The van der Waals surface area contributed by atoms with Crippen LogP contribution < -0.4 is 0 Å². The molecule has 7 nitrogen and oxygen atoms in total. The molecular weight excluding hydrogens is 338 g/mol. The predicted octanol–water partition coefficient (Wildman–Crippen LogP) is 2.72. The van der Waals surface area contributed by atoms with Gasteiger partial charge < -0.3 is 4.90 Å². The van der Waals surface area contributed by atoms with Gasteiger partial charge in [0, 0.05) is 12.5 Å². The van der Waals surface area contributed by atoms with Crippen molar-refractivity contribution in [1.29, 1.82) is 0 Å². The SMILES string of the molecule is Cc1ccc(C)c(-n2nc(Cn3cncn3)nc2[C@@H](C)CN2CCCC2)c1. The summed E-state index contributed by atoms with van der Waals surface area (Å²) in [7, 11) is 0. The fraction of sp³-hybridized carbons (Fsp3) is 0.500. The normalized spacial score (nSPS) is 16.1. The molecule has 7 heteroatoms. The van der Waals surface area contributed by atoms with Gasteiger partial charge in [0.15, 0.2) is 5.82 Å². The van der Waals surface area contributed by atoms with E-state index in [1.165, 1.54) is 37.1 Å². The van der Waals surface area contributed by atoms with Crippen LogP contribution in [0.4, 0.5) is 0 Å². The summed E-state index contributed by atoms with van der Waals surface area (Å²) < 4.78 is 3.80. The van der Waals surface area contributed by atoms with Crippen LogP contribution in [-0.2, 0) is 6.54 Å². The molecule has 2 aromatic heterocycles. The van der Waals surface area contributed by atoms with Gasteiger partial charge in [-0.05, 0) is 57.0 Å². The van der Waals surface area contributed by atoms with E-state index in [1.807, 2.05) is 4.68 Å². The topological polar surface area (TPSA) is 64.7 Å². The number of likely N-dealkylation sites (tertiary alicyclic amines) is 1. The Hall–Kier alpha value is -2.54. The summed E-state index contributed by atoms with van der Waals surface area (Å²) in [5.41, 5.74) is 3.53. The Morgan fingerprint density at radius 1 is 1.15 bits per heavy atom. The smallest absolute Gasteiger partial charge is 0.172 e.